The van der Waals surface area contributed by atoms with Gasteiger partial charge in [0.2, 0.25) is 5.91 Å². The molecular weight excluding hydrogens is 388 g/mol. The topological polar surface area (TPSA) is 107 Å². The molecule has 1 amide bonds. The quantitative estimate of drug-likeness (QED) is 0.681. The number of aliphatic carboxylic acids is 2. The number of carboxylic acids is 2. The summed E-state index contributed by atoms with van der Waals surface area (Å²) in [6, 6.07) is 8.27. The van der Waals surface area contributed by atoms with Gasteiger partial charge in [-0.2, -0.15) is 0 Å². The van der Waals surface area contributed by atoms with Crippen LogP contribution >= 0.6 is 0 Å². The second-order valence-electron chi connectivity index (χ2n) is 7.80. The molecular formula is C22H32N2O6. The van der Waals surface area contributed by atoms with Crippen LogP contribution in [0.15, 0.2) is 24.3 Å². The van der Waals surface area contributed by atoms with E-state index in [1.54, 1.807) is 7.11 Å². The van der Waals surface area contributed by atoms with Crippen LogP contribution in [-0.2, 0) is 20.9 Å². The second kappa shape index (κ2) is 12.2. The van der Waals surface area contributed by atoms with Gasteiger partial charge in [0.15, 0.2) is 0 Å². The molecule has 1 heterocycles. The van der Waals surface area contributed by atoms with Crippen molar-refractivity contribution >= 4 is 17.8 Å². The van der Waals surface area contributed by atoms with Crippen LogP contribution in [-0.4, -0.2) is 71.1 Å². The van der Waals surface area contributed by atoms with E-state index in [0.29, 0.717) is 5.91 Å². The summed E-state index contributed by atoms with van der Waals surface area (Å²) in [7, 11) is 1.69. The van der Waals surface area contributed by atoms with E-state index in [9.17, 15) is 4.79 Å². The van der Waals surface area contributed by atoms with Crippen molar-refractivity contribution < 1.29 is 29.3 Å². The van der Waals surface area contributed by atoms with Crippen LogP contribution in [0, 0.1) is 5.92 Å². The van der Waals surface area contributed by atoms with E-state index in [2.05, 4.69) is 21.9 Å². The maximum absolute atomic E-state index is 12.4. The molecule has 1 aromatic carbocycles. The lowest BCUT2D eigenvalue weighted by molar-refractivity contribution is -0.159. The van der Waals surface area contributed by atoms with Crippen LogP contribution in [0.25, 0.3) is 0 Å². The van der Waals surface area contributed by atoms with Crippen molar-refractivity contribution in [3.63, 3.8) is 0 Å². The number of amides is 1. The number of methoxy groups -OCH3 is 1. The fourth-order valence-corrected chi connectivity index (χ4v) is 3.93. The van der Waals surface area contributed by atoms with Gasteiger partial charge in [-0.05, 0) is 30.0 Å². The standard InChI is InChI=1S/C20H30N2O2.C2H2O4/c1-24-19-9-6-18(7-10-19)16-21-12-14-22(15-13-21)20(23)11-8-17-4-2-3-5-17;3-1(4)2(5)6/h6-7,9-10,17H,2-5,8,11-16H2,1H3;(H,3,4)(H,5,6). The van der Waals surface area contributed by atoms with E-state index < -0.39 is 11.9 Å². The van der Waals surface area contributed by atoms with Crippen LogP contribution < -0.4 is 4.74 Å². The van der Waals surface area contributed by atoms with Crippen molar-refractivity contribution in [1.29, 1.82) is 0 Å². The van der Waals surface area contributed by atoms with Gasteiger partial charge < -0.3 is 19.8 Å². The summed E-state index contributed by atoms with van der Waals surface area (Å²) in [6.45, 7) is 4.65. The van der Waals surface area contributed by atoms with Crippen LogP contribution in [0.2, 0.25) is 0 Å². The largest absolute Gasteiger partial charge is 0.497 e. The molecule has 8 heteroatoms. The molecule has 1 saturated heterocycles. The zero-order chi connectivity index (χ0) is 21.9. The number of nitrogens with zero attached hydrogens (tertiary/aromatic N) is 2. The molecule has 1 aliphatic heterocycles. The lowest BCUT2D eigenvalue weighted by atomic mass is 10.0. The predicted molar refractivity (Wildman–Crippen MR) is 111 cm³/mol. The number of hydrogen-bond acceptors (Lipinski definition) is 5. The molecule has 2 aliphatic rings. The van der Waals surface area contributed by atoms with Crippen molar-refractivity contribution in [1.82, 2.24) is 9.80 Å². The average Bonchev–Trinajstić information content (AvgIpc) is 3.27. The molecule has 0 radical (unpaired) electrons. The first-order valence-electron chi connectivity index (χ1n) is 10.5. The van der Waals surface area contributed by atoms with E-state index in [4.69, 9.17) is 24.5 Å². The molecule has 2 fully saturated rings. The fourth-order valence-electron chi connectivity index (χ4n) is 3.93. The van der Waals surface area contributed by atoms with Crippen molar-refractivity contribution in [2.45, 2.75) is 45.1 Å². The SMILES string of the molecule is COc1ccc(CN2CCN(C(=O)CCC3CCCC3)CC2)cc1.O=C(O)C(=O)O. The third kappa shape index (κ3) is 8.02. The molecule has 166 valence electrons. The minimum Gasteiger partial charge on any atom is -0.497 e. The number of hydrogen-bond donors (Lipinski definition) is 2. The number of piperazine rings is 1. The monoisotopic (exact) mass is 420 g/mol. The Kier molecular flexibility index (Phi) is 9.60. The Morgan fingerprint density at radius 2 is 1.53 bits per heavy atom. The number of benzene rings is 1. The highest BCUT2D eigenvalue weighted by Gasteiger charge is 2.22. The van der Waals surface area contributed by atoms with Gasteiger partial charge in [-0.15, -0.1) is 0 Å². The van der Waals surface area contributed by atoms with Crippen LogP contribution in [0.5, 0.6) is 5.75 Å². The van der Waals surface area contributed by atoms with Crippen LogP contribution in [0.3, 0.4) is 0 Å². The molecule has 0 bridgehead atoms. The van der Waals surface area contributed by atoms with Gasteiger partial charge in [0.05, 0.1) is 7.11 Å². The minimum atomic E-state index is -1.82. The van der Waals surface area contributed by atoms with Crippen LogP contribution in [0.4, 0.5) is 0 Å². The molecule has 2 N–H and O–H groups in total. The molecule has 0 atom stereocenters. The molecule has 1 aliphatic carbocycles. The van der Waals surface area contributed by atoms with Gasteiger partial charge in [0, 0.05) is 39.1 Å². The Hall–Kier alpha value is -2.61. The van der Waals surface area contributed by atoms with Crippen molar-refractivity contribution in [2.75, 3.05) is 33.3 Å². The van der Waals surface area contributed by atoms with Gasteiger partial charge in [-0.1, -0.05) is 37.8 Å². The third-order valence-corrected chi connectivity index (χ3v) is 5.71. The molecule has 8 nitrogen and oxygen atoms in total. The maximum atomic E-state index is 12.4. The highest BCUT2D eigenvalue weighted by atomic mass is 16.5. The maximum Gasteiger partial charge on any atom is 0.414 e. The van der Waals surface area contributed by atoms with Gasteiger partial charge in [-0.25, -0.2) is 9.59 Å². The molecule has 0 spiro atoms. The Morgan fingerprint density at radius 1 is 0.967 bits per heavy atom. The summed E-state index contributed by atoms with van der Waals surface area (Å²) < 4.78 is 5.20. The normalized spacial score (nSPS) is 17.2. The second-order valence-corrected chi connectivity index (χ2v) is 7.80. The zero-order valence-corrected chi connectivity index (χ0v) is 17.6. The predicted octanol–water partition coefficient (Wildman–Crippen LogP) is 2.47. The summed E-state index contributed by atoms with van der Waals surface area (Å²) in [5.74, 6) is -1.57. The Bertz CT molecular complexity index is 680. The Morgan fingerprint density at radius 3 is 2.03 bits per heavy atom. The summed E-state index contributed by atoms with van der Waals surface area (Å²) in [6.07, 6.45) is 7.26. The number of ether oxygens (including phenoxy) is 1. The summed E-state index contributed by atoms with van der Waals surface area (Å²) in [5.41, 5.74) is 1.30. The van der Waals surface area contributed by atoms with E-state index in [1.165, 1.54) is 31.2 Å². The summed E-state index contributed by atoms with van der Waals surface area (Å²) in [4.78, 5) is 35.1. The van der Waals surface area contributed by atoms with E-state index in [1.807, 2.05) is 12.1 Å². The number of carbonyl (C=O) groups excluding carboxylic acids is 1. The Labute approximate surface area is 177 Å². The highest BCUT2D eigenvalue weighted by Crippen LogP contribution is 2.28. The van der Waals surface area contributed by atoms with Crippen molar-refractivity contribution in [3.05, 3.63) is 29.8 Å². The molecule has 1 saturated carbocycles. The lowest BCUT2D eigenvalue weighted by Gasteiger charge is -2.35. The zero-order valence-electron chi connectivity index (χ0n) is 17.6. The third-order valence-electron chi connectivity index (χ3n) is 5.71. The van der Waals surface area contributed by atoms with Crippen molar-refractivity contribution in [2.24, 2.45) is 5.92 Å². The molecule has 1 aromatic rings. The number of carboxylic acid groups (broad SMARTS) is 2. The number of rotatable bonds is 6. The summed E-state index contributed by atoms with van der Waals surface area (Å²) >= 11 is 0. The first-order chi connectivity index (χ1) is 14.4. The van der Waals surface area contributed by atoms with Gasteiger partial charge in [0.1, 0.15) is 5.75 Å². The van der Waals surface area contributed by atoms with E-state index in [0.717, 1.165) is 57.2 Å². The Balaban J connectivity index is 0.000000469. The van der Waals surface area contributed by atoms with Gasteiger partial charge >= 0.3 is 11.9 Å². The first-order valence-corrected chi connectivity index (χ1v) is 10.5. The minimum absolute atomic E-state index is 0.367. The highest BCUT2D eigenvalue weighted by molar-refractivity contribution is 6.27. The molecule has 3 rings (SSSR count). The average molecular weight is 421 g/mol. The lowest BCUT2D eigenvalue weighted by Crippen LogP contribution is -2.48. The summed E-state index contributed by atoms with van der Waals surface area (Å²) in [5, 5.41) is 14.8. The van der Waals surface area contributed by atoms with Gasteiger partial charge in [0.25, 0.3) is 0 Å². The fraction of sp³-hybridized carbons (Fsp3) is 0.591. The molecule has 30 heavy (non-hydrogen) atoms. The van der Waals surface area contributed by atoms with E-state index >= 15 is 0 Å². The smallest absolute Gasteiger partial charge is 0.414 e. The van der Waals surface area contributed by atoms with Crippen LogP contribution in [0.1, 0.15) is 44.1 Å². The first kappa shape index (κ1) is 23.7. The van der Waals surface area contributed by atoms with Gasteiger partial charge in [-0.3, -0.25) is 9.69 Å². The van der Waals surface area contributed by atoms with E-state index in [-0.39, 0.29) is 0 Å². The number of carbonyl (C=O) groups is 3. The molecule has 0 aromatic heterocycles. The molecule has 0 unspecified atom stereocenters. The van der Waals surface area contributed by atoms with Crippen molar-refractivity contribution in [3.8, 4) is 5.75 Å².